The highest BCUT2D eigenvalue weighted by molar-refractivity contribution is 6.00. The molecule has 33 heavy (non-hydrogen) atoms. The molecule has 3 aromatic rings. The van der Waals surface area contributed by atoms with Crippen LogP contribution in [0.1, 0.15) is 22.3 Å². The third-order valence-corrected chi connectivity index (χ3v) is 5.46. The first-order valence-corrected chi connectivity index (χ1v) is 10.5. The Kier molecular flexibility index (Phi) is 6.48. The molecule has 0 bridgehead atoms. The van der Waals surface area contributed by atoms with Gasteiger partial charge in [0, 0.05) is 38.1 Å². The fraction of sp³-hybridized carbons (Fsp3) is 0.250. The predicted molar refractivity (Wildman–Crippen MR) is 118 cm³/mol. The number of halogens is 4. The molecule has 1 aliphatic rings. The second-order valence-electron chi connectivity index (χ2n) is 7.71. The molecular formula is C24H22F4N4O. The molecule has 5 nitrogen and oxygen atoms in total. The highest BCUT2D eigenvalue weighted by Crippen LogP contribution is 2.29. The van der Waals surface area contributed by atoms with Gasteiger partial charge in [-0.05, 0) is 55.0 Å². The van der Waals surface area contributed by atoms with E-state index in [4.69, 9.17) is 0 Å². The zero-order valence-corrected chi connectivity index (χ0v) is 17.6. The fourth-order valence-electron chi connectivity index (χ4n) is 3.73. The van der Waals surface area contributed by atoms with Gasteiger partial charge < -0.3 is 15.1 Å². The quantitative estimate of drug-likeness (QED) is 0.537. The SMILES string of the molecule is O=C(c1ccccc1Nc1ccc(F)cc1)N1CCCN(c2ccc(C(F)(F)F)cn2)CC1. The Bertz CT molecular complexity index is 1100. The van der Waals surface area contributed by atoms with E-state index >= 15 is 0 Å². The maximum Gasteiger partial charge on any atom is 0.417 e. The van der Waals surface area contributed by atoms with E-state index in [-0.39, 0.29) is 11.7 Å². The average molecular weight is 458 g/mol. The summed E-state index contributed by atoms with van der Waals surface area (Å²) in [5.74, 6) is -0.0420. The lowest BCUT2D eigenvalue weighted by atomic mass is 10.1. The number of nitrogens with zero attached hydrogens (tertiary/aromatic N) is 3. The van der Waals surface area contributed by atoms with Crippen LogP contribution in [0.15, 0.2) is 66.9 Å². The van der Waals surface area contributed by atoms with Gasteiger partial charge >= 0.3 is 6.18 Å². The van der Waals surface area contributed by atoms with Gasteiger partial charge in [-0.3, -0.25) is 4.79 Å². The highest BCUT2D eigenvalue weighted by Gasteiger charge is 2.31. The molecule has 1 aliphatic heterocycles. The monoisotopic (exact) mass is 458 g/mol. The number of carbonyl (C=O) groups excluding carboxylic acids is 1. The predicted octanol–water partition coefficient (Wildman–Crippen LogP) is 5.34. The van der Waals surface area contributed by atoms with Crippen molar-refractivity contribution in [3.63, 3.8) is 0 Å². The molecule has 1 fully saturated rings. The van der Waals surface area contributed by atoms with Crippen molar-refractivity contribution in [3.05, 3.63) is 83.8 Å². The number of benzene rings is 2. The smallest absolute Gasteiger partial charge is 0.355 e. The van der Waals surface area contributed by atoms with Gasteiger partial charge in [0.05, 0.1) is 16.8 Å². The minimum atomic E-state index is -4.43. The number of rotatable bonds is 4. The first-order chi connectivity index (χ1) is 15.8. The topological polar surface area (TPSA) is 48.5 Å². The van der Waals surface area contributed by atoms with Gasteiger partial charge in [0.2, 0.25) is 0 Å². The van der Waals surface area contributed by atoms with Gasteiger partial charge in [-0.1, -0.05) is 12.1 Å². The van der Waals surface area contributed by atoms with E-state index in [0.29, 0.717) is 55.4 Å². The largest absolute Gasteiger partial charge is 0.417 e. The molecule has 9 heteroatoms. The summed E-state index contributed by atoms with van der Waals surface area (Å²) in [7, 11) is 0. The summed E-state index contributed by atoms with van der Waals surface area (Å²) in [6, 6.07) is 15.4. The number of anilines is 3. The molecule has 0 saturated carbocycles. The van der Waals surface area contributed by atoms with Crippen molar-refractivity contribution in [2.45, 2.75) is 12.6 Å². The van der Waals surface area contributed by atoms with Crippen molar-refractivity contribution in [1.82, 2.24) is 9.88 Å². The Balaban J connectivity index is 1.45. The minimum Gasteiger partial charge on any atom is -0.355 e. The van der Waals surface area contributed by atoms with Crippen LogP contribution in [-0.4, -0.2) is 42.0 Å². The maximum atomic E-state index is 13.3. The van der Waals surface area contributed by atoms with E-state index in [2.05, 4.69) is 10.3 Å². The van der Waals surface area contributed by atoms with Crippen LogP contribution >= 0.6 is 0 Å². The molecular weight excluding hydrogens is 436 g/mol. The van der Waals surface area contributed by atoms with Crippen LogP contribution < -0.4 is 10.2 Å². The van der Waals surface area contributed by atoms with E-state index < -0.39 is 11.7 Å². The number of hydrogen-bond acceptors (Lipinski definition) is 4. The van der Waals surface area contributed by atoms with Crippen molar-refractivity contribution < 1.29 is 22.4 Å². The second-order valence-corrected chi connectivity index (χ2v) is 7.71. The second kappa shape index (κ2) is 9.48. The van der Waals surface area contributed by atoms with Gasteiger partial charge in [-0.15, -0.1) is 0 Å². The normalized spacial score (nSPS) is 14.7. The molecule has 0 aliphatic carbocycles. The number of aromatic nitrogens is 1. The van der Waals surface area contributed by atoms with Crippen LogP contribution in [0.2, 0.25) is 0 Å². The van der Waals surface area contributed by atoms with Crippen LogP contribution in [0.3, 0.4) is 0 Å². The number of alkyl halides is 3. The molecule has 2 heterocycles. The molecule has 0 spiro atoms. The number of pyridine rings is 1. The molecule has 1 saturated heterocycles. The molecule has 0 atom stereocenters. The van der Waals surface area contributed by atoms with Gasteiger partial charge in [-0.25, -0.2) is 9.37 Å². The van der Waals surface area contributed by atoms with Gasteiger partial charge in [-0.2, -0.15) is 13.2 Å². The van der Waals surface area contributed by atoms with Crippen LogP contribution in [0.4, 0.5) is 34.8 Å². The first kappa shape index (κ1) is 22.6. The molecule has 172 valence electrons. The molecule has 2 aromatic carbocycles. The van der Waals surface area contributed by atoms with Crippen molar-refractivity contribution in [2.75, 3.05) is 36.4 Å². The summed E-state index contributed by atoms with van der Waals surface area (Å²) < 4.78 is 51.6. The summed E-state index contributed by atoms with van der Waals surface area (Å²) in [5, 5.41) is 3.16. The zero-order chi connectivity index (χ0) is 23.4. The lowest BCUT2D eigenvalue weighted by molar-refractivity contribution is -0.137. The Labute approximate surface area is 188 Å². The Morgan fingerprint density at radius 3 is 2.36 bits per heavy atom. The van der Waals surface area contributed by atoms with Crippen molar-refractivity contribution in [3.8, 4) is 0 Å². The van der Waals surface area contributed by atoms with Crippen LogP contribution in [0.5, 0.6) is 0 Å². The van der Waals surface area contributed by atoms with E-state index in [1.807, 2.05) is 11.0 Å². The van der Waals surface area contributed by atoms with E-state index in [1.54, 1.807) is 35.2 Å². The van der Waals surface area contributed by atoms with Gasteiger partial charge in [0.1, 0.15) is 11.6 Å². The van der Waals surface area contributed by atoms with Crippen LogP contribution in [-0.2, 0) is 6.18 Å². The Morgan fingerprint density at radius 2 is 1.67 bits per heavy atom. The van der Waals surface area contributed by atoms with Crippen molar-refractivity contribution in [1.29, 1.82) is 0 Å². The average Bonchev–Trinajstić information content (AvgIpc) is 3.06. The van der Waals surface area contributed by atoms with Crippen molar-refractivity contribution >= 4 is 23.1 Å². The van der Waals surface area contributed by atoms with Crippen molar-refractivity contribution in [2.24, 2.45) is 0 Å². The van der Waals surface area contributed by atoms with E-state index in [0.717, 1.165) is 12.3 Å². The molecule has 0 unspecified atom stereocenters. The van der Waals surface area contributed by atoms with Gasteiger partial charge in [0.25, 0.3) is 5.91 Å². The standard InChI is InChI=1S/C24H22F4N4O/c25-18-7-9-19(10-8-18)30-21-5-2-1-4-20(21)23(33)32-13-3-12-31(14-15-32)22-11-6-17(16-29-22)24(26,27)28/h1-2,4-11,16,30H,3,12-15H2. The summed E-state index contributed by atoms with van der Waals surface area (Å²) in [6.07, 6.45) is -2.94. The van der Waals surface area contributed by atoms with E-state index in [9.17, 15) is 22.4 Å². The lowest BCUT2D eigenvalue weighted by Gasteiger charge is -2.24. The first-order valence-electron chi connectivity index (χ1n) is 10.5. The van der Waals surface area contributed by atoms with Crippen LogP contribution in [0.25, 0.3) is 0 Å². The maximum absolute atomic E-state index is 13.3. The zero-order valence-electron chi connectivity index (χ0n) is 17.6. The molecule has 4 rings (SSSR count). The molecule has 1 N–H and O–H groups in total. The third kappa shape index (κ3) is 5.42. The molecule has 1 aromatic heterocycles. The summed E-state index contributed by atoms with van der Waals surface area (Å²) in [6.45, 7) is 1.96. The molecule has 1 amide bonds. The highest BCUT2D eigenvalue weighted by atomic mass is 19.4. The molecule has 0 radical (unpaired) electrons. The Morgan fingerprint density at radius 1 is 0.909 bits per heavy atom. The fourth-order valence-corrected chi connectivity index (χ4v) is 3.73. The Hall–Kier alpha value is -3.62. The van der Waals surface area contributed by atoms with Crippen LogP contribution in [0, 0.1) is 5.82 Å². The number of nitrogens with one attached hydrogen (secondary N) is 1. The summed E-state index contributed by atoms with van der Waals surface area (Å²) >= 11 is 0. The summed E-state index contributed by atoms with van der Waals surface area (Å²) in [4.78, 5) is 20.9. The number of para-hydroxylation sites is 1. The van der Waals surface area contributed by atoms with Gasteiger partial charge in [0.15, 0.2) is 0 Å². The lowest BCUT2D eigenvalue weighted by Crippen LogP contribution is -2.35. The third-order valence-electron chi connectivity index (χ3n) is 5.46. The number of amides is 1. The minimum absolute atomic E-state index is 0.151. The number of carbonyl (C=O) groups is 1. The van der Waals surface area contributed by atoms with E-state index in [1.165, 1.54) is 18.2 Å². The number of hydrogen-bond donors (Lipinski definition) is 1. The summed E-state index contributed by atoms with van der Waals surface area (Å²) in [5.41, 5.74) is 0.970.